The topological polar surface area (TPSA) is 37.4 Å². The average Bonchev–Trinajstić information content (AvgIpc) is 2.79. The maximum atomic E-state index is 5.75. The number of anilines is 1. The van der Waals surface area contributed by atoms with Crippen molar-refractivity contribution in [2.24, 2.45) is 0 Å². The molecule has 0 aromatic carbocycles. The Labute approximate surface area is 107 Å². The van der Waals surface area contributed by atoms with E-state index in [2.05, 4.69) is 27.6 Å². The molecule has 0 spiro atoms. The van der Waals surface area contributed by atoms with Crippen molar-refractivity contribution in [1.29, 1.82) is 0 Å². The van der Waals surface area contributed by atoms with Gasteiger partial charge in [-0.2, -0.15) is 0 Å². The number of ether oxygens (including phenoxy) is 1. The van der Waals surface area contributed by atoms with Crippen LogP contribution in [0, 0.1) is 0 Å². The minimum Gasteiger partial charge on any atom is -0.376 e. The van der Waals surface area contributed by atoms with Gasteiger partial charge in [-0.05, 0) is 26.3 Å². The summed E-state index contributed by atoms with van der Waals surface area (Å²) in [5.74, 6) is 0. The molecule has 1 fully saturated rings. The lowest BCUT2D eigenvalue weighted by molar-refractivity contribution is 0.0216. The van der Waals surface area contributed by atoms with E-state index in [-0.39, 0.29) is 0 Å². The Morgan fingerprint density at radius 1 is 1.59 bits per heavy atom. The summed E-state index contributed by atoms with van der Waals surface area (Å²) in [5, 5.41) is 6.32. The first-order valence-corrected chi connectivity index (χ1v) is 7.09. The lowest BCUT2D eigenvalue weighted by atomic mass is 10.1. The molecule has 1 aliphatic heterocycles. The lowest BCUT2D eigenvalue weighted by Gasteiger charge is -2.27. The van der Waals surface area contributed by atoms with E-state index in [1.54, 1.807) is 11.3 Å². The number of aromatic nitrogens is 1. The Morgan fingerprint density at radius 3 is 3.18 bits per heavy atom. The molecule has 0 amide bonds. The van der Waals surface area contributed by atoms with Gasteiger partial charge < -0.3 is 15.0 Å². The molecule has 4 nitrogen and oxygen atoms in total. The van der Waals surface area contributed by atoms with Crippen LogP contribution < -0.4 is 10.2 Å². The van der Waals surface area contributed by atoms with E-state index < -0.39 is 0 Å². The molecule has 0 bridgehead atoms. The highest BCUT2D eigenvalue weighted by atomic mass is 32.1. The molecule has 1 N–H and O–H groups in total. The molecule has 0 aliphatic carbocycles. The summed E-state index contributed by atoms with van der Waals surface area (Å²) in [6.07, 6.45) is 4.06. The highest BCUT2D eigenvalue weighted by Crippen LogP contribution is 2.21. The average molecular weight is 255 g/mol. The van der Waals surface area contributed by atoms with Crippen molar-refractivity contribution in [2.45, 2.75) is 31.9 Å². The fraction of sp³-hybridized carbons (Fsp3) is 0.750. The summed E-state index contributed by atoms with van der Waals surface area (Å²) in [4.78, 5) is 6.80. The van der Waals surface area contributed by atoms with Crippen molar-refractivity contribution >= 4 is 16.5 Å². The maximum absolute atomic E-state index is 5.75. The molecule has 2 heterocycles. The summed E-state index contributed by atoms with van der Waals surface area (Å²) in [5.41, 5.74) is 1.11. The molecule has 96 valence electrons. The van der Waals surface area contributed by atoms with Crippen molar-refractivity contribution in [2.75, 3.05) is 32.1 Å². The van der Waals surface area contributed by atoms with E-state index >= 15 is 0 Å². The number of nitrogens with zero attached hydrogens (tertiary/aromatic N) is 2. The van der Waals surface area contributed by atoms with Gasteiger partial charge in [0.05, 0.1) is 11.8 Å². The largest absolute Gasteiger partial charge is 0.376 e. The van der Waals surface area contributed by atoms with Crippen LogP contribution in [-0.4, -0.2) is 38.3 Å². The first-order chi connectivity index (χ1) is 8.29. The van der Waals surface area contributed by atoms with Gasteiger partial charge in [0, 0.05) is 32.1 Å². The van der Waals surface area contributed by atoms with Crippen LogP contribution in [0.5, 0.6) is 0 Å². The third-order valence-electron chi connectivity index (χ3n) is 2.98. The Balaban J connectivity index is 1.86. The summed E-state index contributed by atoms with van der Waals surface area (Å²) in [6.45, 7) is 2.71. The smallest absolute Gasteiger partial charge is 0.185 e. The Hall–Kier alpha value is -0.650. The van der Waals surface area contributed by atoms with Crippen LogP contribution in [-0.2, 0) is 11.3 Å². The first kappa shape index (κ1) is 12.8. The van der Waals surface area contributed by atoms with E-state index in [1.807, 2.05) is 7.05 Å². The summed E-state index contributed by atoms with van der Waals surface area (Å²) >= 11 is 1.71. The van der Waals surface area contributed by atoms with Crippen molar-refractivity contribution < 1.29 is 4.74 Å². The first-order valence-electron chi connectivity index (χ1n) is 6.21. The third-order valence-corrected chi connectivity index (χ3v) is 3.98. The third kappa shape index (κ3) is 3.66. The number of hydrogen-bond donors (Lipinski definition) is 1. The van der Waals surface area contributed by atoms with Crippen molar-refractivity contribution in [3.8, 4) is 0 Å². The SMILES string of the molecule is CNCc1csc(N(C)CC2CCCCO2)n1. The van der Waals surface area contributed by atoms with E-state index in [9.17, 15) is 0 Å². The lowest BCUT2D eigenvalue weighted by Crippen LogP contribution is -2.33. The van der Waals surface area contributed by atoms with E-state index in [0.717, 1.165) is 30.5 Å². The normalized spacial score (nSPS) is 20.5. The van der Waals surface area contributed by atoms with E-state index in [1.165, 1.54) is 19.3 Å². The fourth-order valence-corrected chi connectivity index (χ4v) is 2.87. The molecule has 0 radical (unpaired) electrons. The van der Waals surface area contributed by atoms with Gasteiger partial charge in [0.25, 0.3) is 0 Å². The van der Waals surface area contributed by atoms with Gasteiger partial charge in [-0.3, -0.25) is 0 Å². The number of likely N-dealkylation sites (N-methyl/N-ethyl adjacent to an activating group) is 1. The van der Waals surface area contributed by atoms with Gasteiger partial charge in [-0.1, -0.05) is 0 Å². The second-order valence-corrected chi connectivity index (χ2v) is 5.36. The number of thiazole rings is 1. The zero-order chi connectivity index (χ0) is 12.1. The summed E-state index contributed by atoms with van der Waals surface area (Å²) < 4.78 is 5.75. The molecule has 1 atom stereocenters. The molecular formula is C12H21N3OS. The maximum Gasteiger partial charge on any atom is 0.185 e. The van der Waals surface area contributed by atoms with Gasteiger partial charge in [-0.25, -0.2) is 4.98 Å². The molecule has 1 aliphatic rings. The van der Waals surface area contributed by atoms with Crippen LogP contribution in [0.25, 0.3) is 0 Å². The minimum atomic E-state index is 0.380. The van der Waals surface area contributed by atoms with E-state index in [4.69, 9.17) is 4.74 Å². The van der Waals surface area contributed by atoms with Gasteiger partial charge in [0.15, 0.2) is 5.13 Å². The van der Waals surface area contributed by atoms with Crippen LogP contribution in [0.1, 0.15) is 25.0 Å². The highest BCUT2D eigenvalue weighted by molar-refractivity contribution is 7.13. The van der Waals surface area contributed by atoms with Gasteiger partial charge in [0.2, 0.25) is 0 Å². The predicted octanol–water partition coefficient (Wildman–Crippen LogP) is 1.87. The molecule has 1 aromatic heterocycles. The zero-order valence-corrected chi connectivity index (χ0v) is 11.4. The number of nitrogens with one attached hydrogen (secondary N) is 1. The molecule has 1 unspecified atom stereocenters. The Kier molecular flexibility index (Phi) is 4.76. The molecule has 1 aromatic rings. The van der Waals surface area contributed by atoms with Gasteiger partial charge in [-0.15, -0.1) is 11.3 Å². The molecule has 5 heteroatoms. The second-order valence-electron chi connectivity index (χ2n) is 4.52. The van der Waals surface area contributed by atoms with Crippen LogP contribution in [0.15, 0.2) is 5.38 Å². The van der Waals surface area contributed by atoms with Gasteiger partial charge in [0.1, 0.15) is 0 Å². The molecule has 2 rings (SSSR count). The zero-order valence-electron chi connectivity index (χ0n) is 10.6. The predicted molar refractivity (Wildman–Crippen MR) is 71.7 cm³/mol. The molecular weight excluding hydrogens is 234 g/mol. The Morgan fingerprint density at radius 2 is 2.47 bits per heavy atom. The minimum absolute atomic E-state index is 0.380. The Bertz CT molecular complexity index is 336. The number of rotatable bonds is 5. The summed E-state index contributed by atoms with van der Waals surface area (Å²) in [6, 6.07) is 0. The van der Waals surface area contributed by atoms with Crippen LogP contribution in [0.2, 0.25) is 0 Å². The van der Waals surface area contributed by atoms with Crippen molar-refractivity contribution in [3.63, 3.8) is 0 Å². The van der Waals surface area contributed by atoms with Crippen LogP contribution in [0.4, 0.5) is 5.13 Å². The molecule has 0 saturated carbocycles. The molecule has 17 heavy (non-hydrogen) atoms. The summed E-state index contributed by atoms with van der Waals surface area (Å²) in [7, 11) is 4.04. The molecule has 1 saturated heterocycles. The van der Waals surface area contributed by atoms with Crippen molar-refractivity contribution in [3.05, 3.63) is 11.1 Å². The quantitative estimate of drug-likeness (QED) is 0.871. The van der Waals surface area contributed by atoms with Crippen LogP contribution in [0.3, 0.4) is 0 Å². The highest BCUT2D eigenvalue weighted by Gasteiger charge is 2.17. The fourth-order valence-electron chi connectivity index (χ4n) is 2.07. The number of hydrogen-bond acceptors (Lipinski definition) is 5. The monoisotopic (exact) mass is 255 g/mol. The van der Waals surface area contributed by atoms with E-state index in [0.29, 0.717) is 6.10 Å². The second kappa shape index (κ2) is 6.33. The van der Waals surface area contributed by atoms with Crippen LogP contribution >= 0.6 is 11.3 Å². The van der Waals surface area contributed by atoms with Gasteiger partial charge >= 0.3 is 0 Å². The standard InChI is InChI=1S/C12H21N3OS/c1-13-7-10-9-17-12(14-10)15(2)8-11-5-3-4-6-16-11/h9,11,13H,3-8H2,1-2H3. The van der Waals surface area contributed by atoms with Crippen molar-refractivity contribution in [1.82, 2.24) is 10.3 Å².